The molecule has 2 atom stereocenters. The van der Waals surface area contributed by atoms with E-state index in [1.165, 1.54) is 4.90 Å². The lowest BCUT2D eigenvalue weighted by atomic mass is 10.0. The maximum absolute atomic E-state index is 11.9. The molecule has 0 spiro atoms. The van der Waals surface area contributed by atoms with Crippen LogP contribution in [0.25, 0.3) is 0 Å². The third-order valence-corrected chi connectivity index (χ3v) is 4.80. The molecule has 1 amide bonds. The molecule has 1 aliphatic rings. The van der Waals surface area contributed by atoms with Gasteiger partial charge in [0.1, 0.15) is 0 Å². The minimum atomic E-state index is -3.40. The van der Waals surface area contributed by atoms with Gasteiger partial charge in [0, 0.05) is 20.1 Å². The first-order valence-electron chi connectivity index (χ1n) is 6.76. The Morgan fingerprint density at radius 2 is 2.11 bits per heavy atom. The molecule has 112 valence electrons. The molecule has 0 aromatic rings. The minimum Gasteiger partial charge on any atom is -0.347 e. The second-order valence-electron chi connectivity index (χ2n) is 5.33. The van der Waals surface area contributed by atoms with E-state index in [4.69, 9.17) is 0 Å². The van der Waals surface area contributed by atoms with E-state index in [1.54, 1.807) is 21.0 Å². The molecule has 0 aromatic carbocycles. The maximum Gasteiger partial charge on any atom is 0.239 e. The predicted octanol–water partition coefficient (Wildman–Crippen LogP) is -0.0853. The fourth-order valence-electron chi connectivity index (χ4n) is 2.23. The molecule has 1 aliphatic heterocycles. The summed E-state index contributed by atoms with van der Waals surface area (Å²) >= 11 is 0. The van der Waals surface area contributed by atoms with Crippen molar-refractivity contribution in [3.8, 4) is 0 Å². The van der Waals surface area contributed by atoms with Gasteiger partial charge in [-0.25, -0.2) is 13.1 Å². The number of rotatable bonds is 6. The molecular weight excluding hydrogens is 266 g/mol. The van der Waals surface area contributed by atoms with Gasteiger partial charge in [-0.2, -0.15) is 0 Å². The highest BCUT2D eigenvalue weighted by molar-refractivity contribution is 7.89. The summed E-state index contributed by atoms with van der Waals surface area (Å²) < 4.78 is 26.2. The summed E-state index contributed by atoms with van der Waals surface area (Å²) in [6.07, 6.45) is 3.94. The van der Waals surface area contributed by atoms with E-state index in [0.717, 1.165) is 25.8 Å². The summed E-state index contributed by atoms with van der Waals surface area (Å²) in [5, 5.41) is 3.32. The number of nitrogens with zero attached hydrogens (tertiary/aromatic N) is 1. The third kappa shape index (κ3) is 5.88. The Balaban J connectivity index is 2.40. The van der Waals surface area contributed by atoms with Crippen LogP contribution in [-0.4, -0.2) is 57.7 Å². The highest BCUT2D eigenvalue weighted by Crippen LogP contribution is 2.11. The van der Waals surface area contributed by atoms with Crippen molar-refractivity contribution in [1.29, 1.82) is 0 Å². The fraction of sp³-hybridized carbons (Fsp3) is 0.917. The van der Waals surface area contributed by atoms with Crippen LogP contribution in [-0.2, 0) is 14.8 Å². The zero-order chi connectivity index (χ0) is 14.5. The minimum absolute atomic E-state index is 0.0652. The van der Waals surface area contributed by atoms with Crippen molar-refractivity contribution in [3.05, 3.63) is 0 Å². The van der Waals surface area contributed by atoms with Crippen LogP contribution >= 0.6 is 0 Å². The number of likely N-dealkylation sites (N-methyl/N-ethyl adjacent to an activating group) is 1. The van der Waals surface area contributed by atoms with E-state index in [2.05, 4.69) is 10.0 Å². The summed E-state index contributed by atoms with van der Waals surface area (Å²) in [7, 11) is -0.176. The Labute approximate surface area is 116 Å². The quantitative estimate of drug-likeness (QED) is 0.717. The molecule has 1 heterocycles. The van der Waals surface area contributed by atoms with Crippen molar-refractivity contribution in [1.82, 2.24) is 14.9 Å². The second-order valence-corrected chi connectivity index (χ2v) is 7.20. The Kier molecular flexibility index (Phi) is 6.22. The van der Waals surface area contributed by atoms with Crippen LogP contribution in [0.15, 0.2) is 0 Å². The lowest BCUT2D eigenvalue weighted by molar-refractivity contribution is -0.130. The molecular formula is C12H25N3O3S. The maximum atomic E-state index is 11.9. The summed E-state index contributed by atoms with van der Waals surface area (Å²) in [6, 6.07) is -0.426. The predicted molar refractivity (Wildman–Crippen MR) is 75.3 cm³/mol. The number of hydrogen-bond donors (Lipinski definition) is 2. The first kappa shape index (κ1) is 16.4. The Bertz CT molecular complexity index is 389. The Hall–Kier alpha value is -0.660. The van der Waals surface area contributed by atoms with Gasteiger partial charge in [0.25, 0.3) is 0 Å². The average molecular weight is 291 g/mol. The molecule has 0 radical (unpaired) electrons. The van der Waals surface area contributed by atoms with E-state index in [1.807, 2.05) is 0 Å². The van der Waals surface area contributed by atoms with E-state index in [-0.39, 0.29) is 17.7 Å². The van der Waals surface area contributed by atoms with Gasteiger partial charge in [0.2, 0.25) is 15.9 Å². The Morgan fingerprint density at radius 3 is 2.63 bits per heavy atom. The topological polar surface area (TPSA) is 78.5 Å². The molecule has 1 rings (SSSR count). The largest absolute Gasteiger partial charge is 0.347 e. The molecule has 0 aromatic heterocycles. The van der Waals surface area contributed by atoms with Gasteiger partial charge in [0.15, 0.2) is 0 Å². The number of sulfonamides is 1. The van der Waals surface area contributed by atoms with Crippen LogP contribution in [0.3, 0.4) is 0 Å². The molecule has 7 heteroatoms. The van der Waals surface area contributed by atoms with Crippen molar-refractivity contribution >= 4 is 15.9 Å². The summed E-state index contributed by atoms with van der Waals surface area (Å²) in [4.78, 5) is 13.0. The van der Waals surface area contributed by atoms with Crippen LogP contribution in [0.5, 0.6) is 0 Å². The van der Waals surface area contributed by atoms with Crippen LogP contribution in [0.1, 0.15) is 32.6 Å². The van der Waals surface area contributed by atoms with Gasteiger partial charge in [-0.05, 0) is 32.7 Å². The zero-order valence-corrected chi connectivity index (χ0v) is 12.8. The van der Waals surface area contributed by atoms with Crippen LogP contribution in [0, 0.1) is 0 Å². The molecule has 1 saturated heterocycles. The molecule has 0 bridgehead atoms. The monoisotopic (exact) mass is 291 g/mol. The molecule has 0 aliphatic carbocycles. The number of piperidine rings is 1. The molecule has 1 fully saturated rings. The van der Waals surface area contributed by atoms with Gasteiger partial charge in [0.05, 0.1) is 11.8 Å². The fourth-order valence-corrected chi connectivity index (χ4v) is 3.59. The van der Waals surface area contributed by atoms with Crippen LogP contribution in [0.4, 0.5) is 0 Å². The number of carbonyl (C=O) groups is 1. The molecule has 2 unspecified atom stereocenters. The number of carbonyl (C=O) groups excluding carboxylic acids is 1. The summed E-state index contributed by atoms with van der Waals surface area (Å²) in [6.45, 7) is 2.53. The van der Waals surface area contributed by atoms with E-state index < -0.39 is 16.1 Å². The van der Waals surface area contributed by atoms with Gasteiger partial charge in [-0.15, -0.1) is 0 Å². The van der Waals surface area contributed by atoms with Gasteiger partial charge in [-0.3, -0.25) is 4.79 Å². The lowest BCUT2D eigenvalue weighted by Gasteiger charge is -2.24. The smallest absolute Gasteiger partial charge is 0.239 e. The normalized spacial score (nSPS) is 21.9. The SMILES string of the molecule is CC(NS(=O)(=O)CCC1CCCCN1)C(=O)N(C)C. The number of amides is 1. The molecule has 2 N–H and O–H groups in total. The summed E-state index contributed by atoms with van der Waals surface area (Å²) in [5.74, 6) is -0.172. The third-order valence-electron chi connectivity index (χ3n) is 3.31. The van der Waals surface area contributed by atoms with Crippen LogP contribution in [0.2, 0.25) is 0 Å². The van der Waals surface area contributed by atoms with Crippen LogP contribution < -0.4 is 10.0 Å². The highest BCUT2D eigenvalue weighted by atomic mass is 32.2. The van der Waals surface area contributed by atoms with Gasteiger partial charge in [-0.1, -0.05) is 6.42 Å². The average Bonchev–Trinajstić information content (AvgIpc) is 2.36. The van der Waals surface area contributed by atoms with E-state index in [0.29, 0.717) is 6.42 Å². The zero-order valence-electron chi connectivity index (χ0n) is 12.0. The van der Waals surface area contributed by atoms with Crippen molar-refractivity contribution in [2.24, 2.45) is 0 Å². The van der Waals surface area contributed by atoms with E-state index >= 15 is 0 Å². The van der Waals surface area contributed by atoms with Crippen molar-refractivity contribution in [2.75, 3.05) is 26.4 Å². The summed E-state index contributed by atoms with van der Waals surface area (Å²) in [5.41, 5.74) is 0. The second kappa shape index (κ2) is 7.21. The van der Waals surface area contributed by atoms with Crippen molar-refractivity contribution in [3.63, 3.8) is 0 Å². The van der Waals surface area contributed by atoms with Gasteiger partial charge < -0.3 is 10.2 Å². The van der Waals surface area contributed by atoms with Crippen molar-refractivity contribution < 1.29 is 13.2 Å². The first-order valence-corrected chi connectivity index (χ1v) is 8.41. The first-order chi connectivity index (χ1) is 8.82. The highest BCUT2D eigenvalue weighted by Gasteiger charge is 2.23. The molecule has 0 saturated carbocycles. The standard InChI is InChI=1S/C12H25N3O3S/c1-10(12(16)15(2)3)14-19(17,18)9-7-11-6-4-5-8-13-11/h10-11,13-14H,4-9H2,1-3H3. The molecule has 19 heavy (non-hydrogen) atoms. The Morgan fingerprint density at radius 1 is 1.42 bits per heavy atom. The van der Waals surface area contributed by atoms with Gasteiger partial charge >= 0.3 is 0 Å². The lowest BCUT2D eigenvalue weighted by Crippen LogP contribution is -2.45. The number of hydrogen-bond acceptors (Lipinski definition) is 4. The molecule has 6 nitrogen and oxygen atoms in total. The van der Waals surface area contributed by atoms with E-state index in [9.17, 15) is 13.2 Å². The number of nitrogens with one attached hydrogen (secondary N) is 2. The van der Waals surface area contributed by atoms with Crippen molar-refractivity contribution in [2.45, 2.75) is 44.7 Å².